The summed E-state index contributed by atoms with van der Waals surface area (Å²) >= 11 is 1.75. The largest absolute Gasteiger partial charge is 0.373 e. The van der Waals surface area contributed by atoms with Gasteiger partial charge >= 0.3 is 0 Å². The van der Waals surface area contributed by atoms with Crippen molar-refractivity contribution in [2.45, 2.75) is 51.6 Å². The Morgan fingerprint density at radius 3 is 2.91 bits per heavy atom. The number of hydrogen-bond acceptors (Lipinski definition) is 4. The molecule has 0 bridgehead atoms. The first-order valence-electron chi connectivity index (χ1n) is 8.05. The molecule has 1 fully saturated rings. The van der Waals surface area contributed by atoms with Gasteiger partial charge < -0.3 is 15.4 Å². The number of ether oxygens (including phenoxy) is 1. The quantitative estimate of drug-likeness (QED) is 0.624. The van der Waals surface area contributed by atoms with Gasteiger partial charge in [0.15, 0.2) is 5.96 Å². The highest BCUT2D eigenvalue weighted by molar-refractivity contribution is 7.09. The molecule has 5 nitrogen and oxygen atoms in total. The van der Waals surface area contributed by atoms with E-state index in [-0.39, 0.29) is 5.60 Å². The molecule has 1 aliphatic rings. The van der Waals surface area contributed by atoms with Gasteiger partial charge in [-0.25, -0.2) is 4.98 Å². The van der Waals surface area contributed by atoms with Crippen molar-refractivity contribution >= 4 is 17.3 Å². The Kier molecular flexibility index (Phi) is 6.20. The van der Waals surface area contributed by atoms with Crippen LogP contribution in [0.25, 0.3) is 0 Å². The van der Waals surface area contributed by atoms with Gasteiger partial charge in [-0.1, -0.05) is 13.8 Å². The minimum Gasteiger partial charge on any atom is -0.373 e. The van der Waals surface area contributed by atoms with E-state index in [0.717, 1.165) is 50.6 Å². The van der Waals surface area contributed by atoms with Gasteiger partial charge in [0.25, 0.3) is 0 Å². The number of rotatable bonds is 6. The molecule has 1 aromatic rings. The lowest BCUT2D eigenvalue weighted by atomic mass is 10.0. The molecule has 0 aliphatic carbocycles. The van der Waals surface area contributed by atoms with Crippen LogP contribution in [0.15, 0.2) is 10.4 Å². The van der Waals surface area contributed by atoms with Crippen molar-refractivity contribution in [1.29, 1.82) is 0 Å². The summed E-state index contributed by atoms with van der Waals surface area (Å²) in [6.45, 7) is 9.01. The summed E-state index contributed by atoms with van der Waals surface area (Å²) in [5, 5.41) is 10.1. The minimum absolute atomic E-state index is 0.0568. The highest BCUT2D eigenvalue weighted by Crippen LogP contribution is 2.23. The molecule has 2 heterocycles. The zero-order valence-electron chi connectivity index (χ0n) is 14.1. The van der Waals surface area contributed by atoms with E-state index in [4.69, 9.17) is 4.74 Å². The van der Waals surface area contributed by atoms with Gasteiger partial charge in [0.1, 0.15) is 0 Å². The van der Waals surface area contributed by atoms with Crippen molar-refractivity contribution in [3.8, 4) is 0 Å². The highest BCUT2D eigenvalue weighted by atomic mass is 32.1. The molecule has 0 spiro atoms. The molecule has 1 saturated heterocycles. The summed E-state index contributed by atoms with van der Waals surface area (Å²) in [5.41, 5.74) is 1.10. The van der Waals surface area contributed by atoms with Crippen molar-refractivity contribution in [3.05, 3.63) is 16.1 Å². The van der Waals surface area contributed by atoms with E-state index >= 15 is 0 Å². The van der Waals surface area contributed by atoms with Gasteiger partial charge in [-0.15, -0.1) is 11.3 Å². The van der Waals surface area contributed by atoms with E-state index in [1.54, 1.807) is 18.4 Å². The summed E-state index contributed by atoms with van der Waals surface area (Å²) in [6, 6.07) is 0. The Morgan fingerprint density at radius 2 is 2.32 bits per heavy atom. The fourth-order valence-corrected chi connectivity index (χ4v) is 3.35. The van der Waals surface area contributed by atoms with Gasteiger partial charge in [-0.2, -0.15) is 0 Å². The zero-order chi connectivity index (χ0) is 16.0. The molecule has 0 aromatic carbocycles. The molecule has 0 amide bonds. The average molecular weight is 324 g/mol. The molecule has 2 N–H and O–H groups in total. The third-order valence-electron chi connectivity index (χ3n) is 3.89. The lowest BCUT2D eigenvalue weighted by Crippen LogP contribution is -2.45. The van der Waals surface area contributed by atoms with E-state index in [1.165, 1.54) is 5.01 Å². The number of thiazole rings is 1. The predicted molar refractivity (Wildman–Crippen MR) is 92.9 cm³/mol. The van der Waals surface area contributed by atoms with Gasteiger partial charge in [0, 0.05) is 44.5 Å². The maximum Gasteiger partial charge on any atom is 0.191 e. The second-order valence-corrected chi connectivity index (χ2v) is 7.23. The number of aromatic nitrogens is 1. The summed E-state index contributed by atoms with van der Waals surface area (Å²) in [4.78, 5) is 8.92. The van der Waals surface area contributed by atoms with E-state index < -0.39 is 0 Å². The van der Waals surface area contributed by atoms with Crippen LogP contribution in [-0.2, 0) is 11.2 Å². The normalized spacial score (nSPS) is 22.3. The lowest BCUT2D eigenvalue weighted by Gasteiger charge is -2.24. The van der Waals surface area contributed by atoms with E-state index in [1.807, 2.05) is 0 Å². The molecule has 1 atom stereocenters. The van der Waals surface area contributed by atoms with Crippen LogP contribution in [0.3, 0.4) is 0 Å². The van der Waals surface area contributed by atoms with Crippen LogP contribution in [-0.4, -0.2) is 43.3 Å². The van der Waals surface area contributed by atoms with Crippen LogP contribution in [0.2, 0.25) is 0 Å². The zero-order valence-corrected chi connectivity index (χ0v) is 14.9. The van der Waals surface area contributed by atoms with Crippen LogP contribution in [0.1, 0.15) is 50.2 Å². The van der Waals surface area contributed by atoms with E-state index in [2.05, 4.69) is 46.8 Å². The van der Waals surface area contributed by atoms with Gasteiger partial charge in [0.2, 0.25) is 0 Å². The SMILES string of the molecule is CN=C(NCCc1csc(C(C)C)n1)NCC1(C)CCCO1. The van der Waals surface area contributed by atoms with Crippen LogP contribution < -0.4 is 10.6 Å². The monoisotopic (exact) mass is 324 g/mol. The third kappa shape index (κ3) is 4.95. The molecule has 0 saturated carbocycles. The van der Waals surface area contributed by atoms with E-state index in [0.29, 0.717) is 5.92 Å². The maximum atomic E-state index is 5.78. The van der Waals surface area contributed by atoms with Crippen molar-refractivity contribution in [2.24, 2.45) is 4.99 Å². The summed E-state index contributed by atoms with van der Waals surface area (Å²) in [6.07, 6.45) is 3.16. The molecule has 2 rings (SSSR count). The standard InChI is InChI=1S/C16H28N4OS/c1-12(2)14-20-13(10-22-14)6-8-18-15(17-4)19-11-16(3)7-5-9-21-16/h10,12H,5-9,11H2,1-4H3,(H2,17,18,19). The van der Waals surface area contributed by atoms with Crippen molar-refractivity contribution < 1.29 is 4.74 Å². The van der Waals surface area contributed by atoms with Gasteiger partial charge in [0.05, 0.1) is 16.3 Å². The van der Waals surface area contributed by atoms with Crippen LogP contribution >= 0.6 is 11.3 Å². The topological polar surface area (TPSA) is 58.5 Å². The Balaban J connectivity index is 1.71. The van der Waals surface area contributed by atoms with Crippen molar-refractivity contribution in [1.82, 2.24) is 15.6 Å². The Labute approximate surface area is 137 Å². The second kappa shape index (κ2) is 7.92. The molecular weight excluding hydrogens is 296 g/mol. The van der Waals surface area contributed by atoms with Gasteiger partial charge in [-0.05, 0) is 19.8 Å². The van der Waals surface area contributed by atoms with Crippen LogP contribution in [0.4, 0.5) is 0 Å². The predicted octanol–water partition coefficient (Wildman–Crippen LogP) is 2.54. The fraction of sp³-hybridized carbons (Fsp3) is 0.750. The van der Waals surface area contributed by atoms with Crippen molar-refractivity contribution in [2.75, 3.05) is 26.7 Å². The minimum atomic E-state index is -0.0568. The van der Waals surface area contributed by atoms with Crippen LogP contribution in [0.5, 0.6) is 0 Å². The number of aliphatic imine (C=N–C) groups is 1. The number of nitrogens with zero attached hydrogens (tertiary/aromatic N) is 2. The van der Waals surface area contributed by atoms with E-state index in [9.17, 15) is 0 Å². The number of hydrogen-bond donors (Lipinski definition) is 2. The smallest absolute Gasteiger partial charge is 0.191 e. The molecule has 0 radical (unpaired) electrons. The number of nitrogens with one attached hydrogen (secondary N) is 2. The van der Waals surface area contributed by atoms with Crippen LogP contribution in [0, 0.1) is 0 Å². The first-order valence-corrected chi connectivity index (χ1v) is 8.93. The average Bonchev–Trinajstić information content (AvgIpc) is 3.12. The highest BCUT2D eigenvalue weighted by Gasteiger charge is 2.29. The summed E-state index contributed by atoms with van der Waals surface area (Å²) < 4.78 is 5.78. The number of guanidine groups is 1. The molecule has 22 heavy (non-hydrogen) atoms. The molecule has 1 aromatic heterocycles. The molecular formula is C16H28N4OS. The maximum absolute atomic E-state index is 5.78. The van der Waals surface area contributed by atoms with Gasteiger partial charge in [-0.3, -0.25) is 4.99 Å². The molecule has 124 valence electrons. The Bertz CT molecular complexity index is 492. The summed E-state index contributed by atoms with van der Waals surface area (Å²) in [5.74, 6) is 1.34. The fourth-order valence-electron chi connectivity index (χ4n) is 2.48. The first kappa shape index (κ1) is 17.2. The van der Waals surface area contributed by atoms with Crippen molar-refractivity contribution in [3.63, 3.8) is 0 Å². The first-order chi connectivity index (χ1) is 10.5. The Morgan fingerprint density at radius 1 is 1.50 bits per heavy atom. The molecule has 1 unspecified atom stereocenters. The lowest BCUT2D eigenvalue weighted by molar-refractivity contribution is 0.0243. The third-order valence-corrected chi connectivity index (χ3v) is 5.08. The molecule has 1 aliphatic heterocycles. The molecule has 6 heteroatoms. The summed E-state index contributed by atoms with van der Waals surface area (Å²) in [7, 11) is 1.80. The second-order valence-electron chi connectivity index (χ2n) is 6.34. The Hall–Kier alpha value is -1.14.